The van der Waals surface area contributed by atoms with E-state index in [-0.39, 0.29) is 0 Å². The number of pyridine rings is 1. The Morgan fingerprint density at radius 3 is 2.68 bits per heavy atom. The number of imidazole rings is 1. The minimum atomic E-state index is -5.08. The Morgan fingerprint density at radius 1 is 1.29 bits per heavy atom. The van der Waals surface area contributed by atoms with Gasteiger partial charge < -0.3 is 15.4 Å². The third-order valence-corrected chi connectivity index (χ3v) is 6.08. The van der Waals surface area contributed by atoms with Gasteiger partial charge in [0.2, 0.25) is 0 Å². The van der Waals surface area contributed by atoms with Gasteiger partial charge in [-0.15, -0.1) is 0 Å². The Kier molecular flexibility index (Phi) is 7.53. The number of anilines is 1. The number of aliphatic carboxylic acids is 1. The predicted octanol–water partition coefficient (Wildman–Crippen LogP) is 3.71. The van der Waals surface area contributed by atoms with Crippen molar-refractivity contribution in [2.45, 2.75) is 38.9 Å². The first-order chi connectivity index (χ1) is 14.7. The van der Waals surface area contributed by atoms with Gasteiger partial charge in [-0.05, 0) is 49.7 Å². The van der Waals surface area contributed by atoms with Crippen LogP contribution in [0.2, 0.25) is 0 Å². The van der Waals surface area contributed by atoms with E-state index >= 15 is 0 Å². The van der Waals surface area contributed by atoms with Crippen molar-refractivity contribution in [3.8, 4) is 0 Å². The number of aryl methyl sites for hydroxylation is 1. The normalized spacial score (nSPS) is 23.5. The number of aromatic nitrogens is 3. The van der Waals surface area contributed by atoms with E-state index in [0.29, 0.717) is 0 Å². The number of hydrogen-bond donors (Lipinski definition) is 3. The van der Waals surface area contributed by atoms with Gasteiger partial charge in [-0.3, -0.25) is 4.90 Å². The van der Waals surface area contributed by atoms with Gasteiger partial charge in [0.1, 0.15) is 5.82 Å². The van der Waals surface area contributed by atoms with Crippen LogP contribution in [0.15, 0.2) is 30.7 Å². The molecule has 3 N–H and O–H groups in total. The molecule has 0 amide bonds. The highest BCUT2D eigenvalue weighted by Gasteiger charge is 2.40. The number of carboxylic acids is 1. The van der Waals surface area contributed by atoms with Crippen molar-refractivity contribution in [3.05, 3.63) is 42.1 Å². The highest BCUT2D eigenvalue weighted by Crippen LogP contribution is 2.40. The van der Waals surface area contributed by atoms with Gasteiger partial charge in [0.05, 0.1) is 12.0 Å². The lowest BCUT2D eigenvalue weighted by atomic mass is 9.74. The van der Waals surface area contributed by atoms with E-state index in [1.165, 1.54) is 43.7 Å². The van der Waals surface area contributed by atoms with Gasteiger partial charge in [0.25, 0.3) is 0 Å². The lowest BCUT2D eigenvalue weighted by Crippen LogP contribution is -2.32. The maximum Gasteiger partial charge on any atom is 0.490 e. The zero-order valence-electron chi connectivity index (χ0n) is 17.4. The van der Waals surface area contributed by atoms with Crippen LogP contribution < -0.4 is 5.32 Å². The number of halogens is 3. The average molecular weight is 439 g/mol. The second-order valence-corrected chi connectivity index (χ2v) is 8.18. The van der Waals surface area contributed by atoms with Gasteiger partial charge in [-0.1, -0.05) is 12.5 Å². The summed E-state index contributed by atoms with van der Waals surface area (Å²) in [5, 5.41) is 10.7. The number of hydrogen-bond acceptors (Lipinski definition) is 5. The lowest BCUT2D eigenvalue weighted by Gasteiger charge is -2.33. The molecule has 10 heteroatoms. The zero-order chi connectivity index (χ0) is 22.4. The van der Waals surface area contributed by atoms with E-state index < -0.39 is 12.1 Å². The summed E-state index contributed by atoms with van der Waals surface area (Å²) in [7, 11) is 0. The smallest absolute Gasteiger partial charge is 0.475 e. The van der Waals surface area contributed by atoms with Crippen LogP contribution >= 0.6 is 0 Å². The minimum absolute atomic E-state index is 0.760. The van der Waals surface area contributed by atoms with Gasteiger partial charge in [-0.25, -0.2) is 14.8 Å². The third kappa shape index (κ3) is 6.43. The van der Waals surface area contributed by atoms with Crippen molar-refractivity contribution in [2.75, 3.05) is 25.0 Å². The Labute approximate surface area is 179 Å². The Balaban J connectivity index is 0.000000339. The van der Waals surface area contributed by atoms with Crippen LogP contribution in [0.1, 0.15) is 30.7 Å². The van der Waals surface area contributed by atoms with Crippen LogP contribution in [0.4, 0.5) is 19.0 Å². The standard InChI is InChI=1S/C19H27N5.C2HF3O2/c1-14-18(23-13-22-14)12-24-10-16-6-4-5-15(17(16)11-24)9-21-19-7-2-3-8-20-19;3-2(4,5)1(6)7/h2-3,7-8,13,15-17H,4-6,9-12H2,1H3,(H,20,21)(H,22,23);(H,6,7)/t15-,16+,17+;/m0./s1. The largest absolute Gasteiger partial charge is 0.490 e. The molecule has 4 rings (SSSR count). The van der Waals surface area contributed by atoms with Crippen LogP contribution in [-0.2, 0) is 11.3 Å². The quantitative estimate of drug-likeness (QED) is 0.658. The van der Waals surface area contributed by atoms with E-state index in [2.05, 4.69) is 38.2 Å². The number of H-pyrrole nitrogens is 1. The molecule has 0 radical (unpaired) electrons. The van der Waals surface area contributed by atoms with Crippen LogP contribution in [0.5, 0.6) is 0 Å². The van der Waals surface area contributed by atoms with Gasteiger partial charge in [-0.2, -0.15) is 13.2 Å². The number of carboxylic acid groups (broad SMARTS) is 1. The highest BCUT2D eigenvalue weighted by atomic mass is 19.4. The van der Waals surface area contributed by atoms with Crippen molar-refractivity contribution < 1.29 is 23.1 Å². The SMILES string of the molecule is Cc1[nH]cnc1CN1C[C@H]2CCC[C@@H](CNc3ccccn3)[C@H]2C1.O=C(O)C(F)(F)F. The molecule has 31 heavy (non-hydrogen) atoms. The third-order valence-electron chi connectivity index (χ3n) is 6.08. The average Bonchev–Trinajstić information content (AvgIpc) is 3.33. The molecule has 3 heterocycles. The second-order valence-electron chi connectivity index (χ2n) is 8.18. The molecule has 1 saturated heterocycles. The first-order valence-electron chi connectivity index (χ1n) is 10.4. The first kappa shape index (κ1) is 23.1. The fourth-order valence-electron chi connectivity index (χ4n) is 4.53. The summed E-state index contributed by atoms with van der Waals surface area (Å²) in [6.45, 7) is 6.60. The summed E-state index contributed by atoms with van der Waals surface area (Å²) in [6, 6.07) is 6.07. The van der Waals surface area contributed by atoms with Gasteiger partial charge in [0, 0.05) is 38.1 Å². The molecule has 3 atom stereocenters. The highest BCUT2D eigenvalue weighted by molar-refractivity contribution is 5.73. The lowest BCUT2D eigenvalue weighted by molar-refractivity contribution is -0.192. The summed E-state index contributed by atoms with van der Waals surface area (Å²) in [5.74, 6) is 0.674. The number of rotatable bonds is 5. The number of likely N-dealkylation sites (tertiary alicyclic amines) is 1. The molecule has 7 nitrogen and oxygen atoms in total. The fourth-order valence-corrected chi connectivity index (χ4v) is 4.53. The molecule has 0 unspecified atom stereocenters. The zero-order valence-corrected chi connectivity index (χ0v) is 17.4. The molecule has 2 fully saturated rings. The van der Waals surface area contributed by atoms with Crippen LogP contribution in [0.3, 0.4) is 0 Å². The van der Waals surface area contributed by atoms with E-state index in [1.54, 1.807) is 0 Å². The van der Waals surface area contributed by atoms with Gasteiger partial charge >= 0.3 is 12.1 Å². The van der Waals surface area contributed by atoms with Crippen molar-refractivity contribution in [1.29, 1.82) is 0 Å². The predicted molar refractivity (Wildman–Crippen MR) is 109 cm³/mol. The van der Waals surface area contributed by atoms with Gasteiger partial charge in [0.15, 0.2) is 0 Å². The molecule has 1 aliphatic carbocycles. The first-order valence-corrected chi connectivity index (χ1v) is 10.4. The Morgan fingerprint density at radius 2 is 2.06 bits per heavy atom. The molecule has 1 aliphatic heterocycles. The summed E-state index contributed by atoms with van der Waals surface area (Å²) >= 11 is 0. The number of nitrogens with one attached hydrogen (secondary N) is 2. The topological polar surface area (TPSA) is 94.1 Å². The maximum absolute atomic E-state index is 10.6. The van der Waals surface area contributed by atoms with Crippen LogP contribution in [0, 0.1) is 24.7 Å². The fraction of sp³-hybridized carbons (Fsp3) is 0.571. The summed E-state index contributed by atoms with van der Waals surface area (Å²) in [6.07, 6.45) is 2.69. The second kappa shape index (κ2) is 10.1. The van der Waals surface area contributed by atoms with E-state index in [9.17, 15) is 13.2 Å². The van der Waals surface area contributed by atoms with E-state index in [1.807, 2.05) is 24.7 Å². The number of carbonyl (C=O) groups is 1. The molecule has 0 bridgehead atoms. The molecule has 170 valence electrons. The molecule has 2 aliphatic rings. The molecular weight excluding hydrogens is 411 g/mol. The number of fused-ring (bicyclic) bond motifs is 1. The molecular formula is C21H28F3N5O2. The number of aromatic amines is 1. The van der Waals surface area contributed by atoms with Crippen LogP contribution in [-0.4, -0.2) is 56.7 Å². The molecule has 1 saturated carbocycles. The Bertz CT molecular complexity index is 843. The molecule has 2 aromatic rings. The molecule has 0 spiro atoms. The minimum Gasteiger partial charge on any atom is -0.475 e. The van der Waals surface area contributed by atoms with Crippen LogP contribution in [0.25, 0.3) is 0 Å². The summed E-state index contributed by atoms with van der Waals surface area (Å²) < 4.78 is 31.7. The maximum atomic E-state index is 10.6. The summed E-state index contributed by atoms with van der Waals surface area (Å²) in [4.78, 5) is 23.6. The van der Waals surface area contributed by atoms with E-state index in [0.717, 1.165) is 36.7 Å². The Hall–Kier alpha value is -2.62. The monoisotopic (exact) mass is 439 g/mol. The molecule has 2 aromatic heterocycles. The van der Waals surface area contributed by atoms with Crippen molar-refractivity contribution in [3.63, 3.8) is 0 Å². The van der Waals surface area contributed by atoms with E-state index in [4.69, 9.17) is 9.90 Å². The van der Waals surface area contributed by atoms with Crippen molar-refractivity contribution in [1.82, 2.24) is 19.9 Å². The number of alkyl halides is 3. The van der Waals surface area contributed by atoms with Crippen molar-refractivity contribution >= 4 is 11.8 Å². The van der Waals surface area contributed by atoms with Crippen molar-refractivity contribution in [2.24, 2.45) is 17.8 Å². The molecule has 0 aromatic carbocycles. The summed E-state index contributed by atoms with van der Waals surface area (Å²) in [5.41, 5.74) is 2.41. The number of nitrogens with zero attached hydrogens (tertiary/aromatic N) is 3.